The highest BCUT2D eigenvalue weighted by molar-refractivity contribution is 6.33. The zero-order valence-electron chi connectivity index (χ0n) is 17.4. The lowest BCUT2D eigenvalue weighted by Gasteiger charge is -2.36. The molecule has 0 bridgehead atoms. The predicted octanol–water partition coefficient (Wildman–Crippen LogP) is 4.74. The molecule has 6 heteroatoms. The standard InChI is InChI=1S/C23H29ClN2O3/c1-17(2)10-15-29-21-9-8-18(16-22(21)28-3)23(27)26-13-11-25(12-14-26)20-7-5-4-6-19(20)24/h4-9,16-17H,10-15H2,1-3H3. The molecule has 2 aromatic rings. The van der Waals surface area contributed by atoms with Crippen LogP contribution < -0.4 is 14.4 Å². The number of piperazine rings is 1. The Balaban J connectivity index is 1.62. The number of ether oxygens (including phenoxy) is 2. The second kappa shape index (κ2) is 9.88. The smallest absolute Gasteiger partial charge is 0.254 e. The third kappa shape index (κ3) is 5.36. The lowest BCUT2D eigenvalue weighted by Crippen LogP contribution is -2.48. The van der Waals surface area contributed by atoms with Gasteiger partial charge in [0.2, 0.25) is 0 Å². The minimum absolute atomic E-state index is 0.0100. The molecule has 0 N–H and O–H groups in total. The molecule has 156 valence electrons. The number of hydrogen-bond donors (Lipinski definition) is 0. The third-order valence-electron chi connectivity index (χ3n) is 5.12. The van der Waals surface area contributed by atoms with E-state index in [1.165, 1.54) is 0 Å². The Labute approximate surface area is 178 Å². The van der Waals surface area contributed by atoms with Gasteiger partial charge >= 0.3 is 0 Å². The largest absolute Gasteiger partial charge is 0.493 e. The third-order valence-corrected chi connectivity index (χ3v) is 5.44. The predicted molar refractivity (Wildman–Crippen MR) is 118 cm³/mol. The van der Waals surface area contributed by atoms with Gasteiger partial charge in [0.25, 0.3) is 5.91 Å². The van der Waals surface area contributed by atoms with Crippen molar-refractivity contribution in [2.45, 2.75) is 20.3 Å². The highest BCUT2D eigenvalue weighted by Crippen LogP contribution is 2.30. The molecule has 1 amide bonds. The van der Waals surface area contributed by atoms with Gasteiger partial charge in [0.05, 0.1) is 24.4 Å². The highest BCUT2D eigenvalue weighted by atomic mass is 35.5. The van der Waals surface area contributed by atoms with E-state index in [9.17, 15) is 4.79 Å². The van der Waals surface area contributed by atoms with Crippen LogP contribution in [0.3, 0.4) is 0 Å². The summed E-state index contributed by atoms with van der Waals surface area (Å²) in [6.45, 7) is 7.76. The molecule has 2 aromatic carbocycles. The molecule has 29 heavy (non-hydrogen) atoms. The summed E-state index contributed by atoms with van der Waals surface area (Å²) in [7, 11) is 1.60. The second-order valence-electron chi connectivity index (χ2n) is 7.63. The van der Waals surface area contributed by atoms with E-state index in [0.717, 1.165) is 30.2 Å². The van der Waals surface area contributed by atoms with Crippen molar-refractivity contribution in [3.63, 3.8) is 0 Å². The van der Waals surface area contributed by atoms with Gasteiger partial charge in [-0.1, -0.05) is 37.6 Å². The number of nitrogens with zero attached hydrogens (tertiary/aromatic N) is 2. The average Bonchev–Trinajstić information content (AvgIpc) is 2.73. The SMILES string of the molecule is COc1cc(C(=O)N2CCN(c3ccccc3Cl)CC2)ccc1OCCC(C)C. The fraction of sp³-hybridized carbons (Fsp3) is 0.435. The molecule has 1 heterocycles. The quantitative estimate of drug-likeness (QED) is 0.654. The van der Waals surface area contributed by atoms with Crippen LogP contribution in [0.15, 0.2) is 42.5 Å². The Bertz CT molecular complexity index is 833. The van der Waals surface area contributed by atoms with Gasteiger partial charge in [0.15, 0.2) is 11.5 Å². The van der Waals surface area contributed by atoms with Gasteiger partial charge in [-0.05, 0) is 42.7 Å². The first-order chi connectivity index (χ1) is 14.0. The number of amides is 1. The summed E-state index contributed by atoms with van der Waals surface area (Å²) >= 11 is 6.31. The van der Waals surface area contributed by atoms with Crippen molar-refractivity contribution in [2.24, 2.45) is 5.92 Å². The Morgan fingerprint density at radius 1 is 1.07 bits per heavy atom. The van der Waals surface area contributed by atoms with Crippen molar-refractivity contribution >= 4 is 23.2 Å². The van der Waals surface area contributed by atoms with E-state index in [4.69, 9.17) is 21.1 Å². The number of carbonyl (C=O) groups excluding carboxylic acids is 1. The molecule has 0 spiro atoms. The summed E-state index contributed by atoms with van der Waals surface area (Å²) in [6, 6.07) is 13.2. The average molecular weight is 417 g/mol. The van der Waals surface area contributed by atoms with Crippen LogP contribution in [0.4, 0.5) is 5.69 Å². The lowest BCUT2D eigenvalue weighted by atomic mass is 10.1. The summed E-state index contributed by atoms with van der Waals surface area (Å²) in [4.78, 5) is 17.1. The summed E-state index contributed by atoms with van der Waals surface area (Å²) in [5.41, 5.74) is 1.63. The summed E-state index contributed by atoms with van der Waals surface area (Å²) in [5, 5.41) is 0.741. The van der Waals surface area contributed by atoms with Crippen molar-refractivity contribution in [1.82, 2.24) is 4.90 Å². The molecule has 1 fully saturated rings. The first-order valence-electron chi connectivity index (χ1n) is 10.1. The Hall–Kier alpha value is -2.40. The van der Waals surface area contributed by atoms with Crippen LogP contribution in [0.25, 0.3) is 0 Å². The van der Waals surface area contributed by atoms with Crippen LogP contribution in [-0.2, 0) is 0 Å². The van der Waals surface area contributed by atoms with E-state index in [2.05, 4.69) is 18.7 Å². The van der Waals surface area contributed by atoms with E-state index in [1.807, 2.05) is 41.3 Å². The van der Waals surface area contributed by atoms with Gasteiger partial charge in [-0.25, -0.2) is 0 Å². The fourth-order valence-electron chi connectivity index (χ4n) is 3.37. The Morgan fingerprint density at radius 2 is 1.79 bits per heavy atom. The van der Waals surface area contributed by atoms with Gasteiger partial charge < -0.3 is 19.3 Å². The van der Waals surface area contributed by atoms with E-state index in [-0.39, 0.29) is 5.91 Å². The van der Waals surface area contributed by atoms with E-state index in [1.54, 1.807) is 13.2 Å². The van der Waals surface area contributed by atoms with E-state index in [0.29, 0.717) is 42.7 Å². The molecule has 5 nitrogen and oxygen atoms in total. The first kappa shape index (κ1) is 21.3. The van der Waals surface area contributed by atoms with Crippen molar-refractivity contribution in [2.75, 3.05) is 44.8 Å². The van der Waals surface area contributed by atoms with Crippen molar-refractivity contribution < 1.29 is 14.3 Å². The van der Waals surface area contributed by atoms with Crippen LogP contribution in [0.5, 0.6) is 11.5 Å². The molecule has 0 aliphatic carbocycles. The van der Waals surface area contributed by atoms with Crippen LogP contribution in [0.2, 0.25) is 5.02 Å². The van der Waals surface area contributed by atoms with Crippen LogP contribution in [-0.4, -0.2) is 50.7 Å². The maximum atomic E-state index is 13.0. The number of halogens is 1. The minimum atomic E-state index is 0.0100. The molecular weight excluding hydrogens is 388 g/mol. The number of para-hydroxylation sites is 1. The molecule has 3 rings (SSSR count). The van der Waals surface area contributed by atoms with E-state index < -0.39 is 0 Å². The van der Waals surface area contributed by atoms with Gasteiger partial charge in [-0.2, -0.15) is 0 Å². The first-order valence-corrected chi connectivity index (χ1v) is 10.5. The maximum absolute atomic E-state index is 13.0. The molecule has 1 aliphatic heterocycles. The fourth-order valence-corrected chi connectivity index (χ4v) is 3.62. The highest BCUT2D eigenvalue weighted by Gasteiger charge is 2.24. The van der Waals surface area contributed by atoms with Crippen LogP contribution >= 0.6 is 11.6 Å². The molecule has 0 unspecified atom stereocenters. The zero-order valence-corrected chi connectivity index (χ0v) is 18.1. The van der Waals surface area contributed by atoms with Crippen molar-refractivity contribution in [3.05, 3.63) is 53.1 Å². The normalized spacial score (nSPS) is 14.2. The number of methoxy groups -OCH3 is 1. The van der Waals surface area contributed by atoms with Crippen LogP contribution in [0, 0.1) is 5.92 Å². The topological polar surface area (TPSA) is 42.0 Å². The molecule has 1 aliphatic rings. The molecule has 1 saturated heterocycles. The number of hydrogen-bond acceptors (Lipinski definition) is 4. The number of rotatable bonds is 7. The molecule has 0 atom stereocenters. The lowest BCUT2D eigenvalue weighted by molar-refractivity contribution is 0.0746. The van der Waals surface area contributed by atoms with Crippen molar-refractivity contribution in [3.8, 4) is 11.5 Å². The number of anilines is 1. The second-order valence-corrected chi connectivity index (χ2v) is 8.03. The van der Waals surface area contributed by atoms with Crippen LogP contribution in [0.1, 0.15) is 30.6 Å². The van der Waals surface area contributed by atoms with Gasteiger partial charge in [-0.3, -0.25) is 4.79 Å². The monoisotopic (exact) mass is 416 g/mol. The molecule has 0 aromatic heterocycles. The number of carbonyl (C=O) groups is 1. The van der Waals surface area contributed by atoms with E-state index >= 15 is 0 Å². The zero-order chi connectivity index (χ0) is 20.8. The minimum Gasteiger partial charge on any atom is -0.493 e. The summed E-state index contributed by atoms with van der Waals surface area (Å²) < 4.78 is 11.3. The maximum Gasteiger partial charge on any atom is 0.254 e. The van der Waals surface area contributed by atoms with Gasteiger partial charge in [0, 0.05) is 31.7 Å². The Kier molecular flexibility index (Phi) is 7.26. The van der Waals surface area contributed by atoms with Gasteiger partial charge in [0.1, 0.15) is 0 Å². The van der Waals surface area contributed by atoms with Crippen molar-refractivity contribution in [1.29, 1.82) is 0 Å². The molecule has 0 saturated carbocycles. The summed E-state index contributed by atoms with van der Waals surface area (Å²) in [5.74, 6) is 1.85. The number of benzene rings is 2. The van der Waals surface area contributed by atoms with Gasteiger partial charge in [-0.15, -0.1) is 0 Å². The molecule has 0 radical (unpaired) electrons. The Morgan fingerprint density at radius 3 is 2.45 bits per heavy atom. The molecular formula is C23H29ClN2O3. The summed E-state index contributed by atoms with van der Waals surface area (Å²) in [6.07, 6.45) is 0.972.